The van der Waals surface area contributed by atoms with Crippen molar-refractivity contribution < 1.29 is 4.11 Å². The van der Waals surface area contributed by atoms with E-state index >= 15 is 0 Å². The highest BCUT2D eigenvalue weighted by molar-refractivity contribution is 5.64. The molecule has 0 saturated heterocycles. The first-order valence-corrected chi connectivity index (χ1v) is 13.5. The lowest BCUT2D eigenvalue weighted by atomic mass is 9.76. The number of benzene rings is 2. The van der Waals surface area contributed by atoms with Gasteiger partial charge in [0.15, 0.2) is 0 Å². The lowest BCUT2D eigenvalue weighted by molar-refractivity contribution is 0.303. The molecule has 0 heterocycles. The first-order chi connectivity index (χ1) is 16.9. The lowest BCUT2D eigenvalue weighted by Gasteiger charge is -2.29. The van der Waals surface area contributed by atoms with E-state index in [1.54, 1.807) is 0 Å². The summed E-state index contributed by atoms with van der Waals surface area (Å²) >= 11 is 0. The van der Waals surface area contributed by atoms with Crippen LogP contribution in [0.1, 0.15) is 131 Å². The van der Waals surface area contributed by atoms with E-state index in [1.165, 1.54) is 68.1 Å². The molecule has 2 saturated carbocycles. The molecular weight excluding hydrogens is 384 g/mol. The maximum Gasteiger partial charge on any atom is 0.0273 e. The predicted molar refractivity (Wildman–Crippen MR) is 140 cm³/mol. The Morgan fingerprint density at radius 2 is 1.22 bits per heavy atom. The molecule has 2 aliphatic rings. The standard InChI is InChI=1S/C32H46/c1-3-5-6-8-26-11-15-28(16-12-26)30-19-23-32(24-20-30)31-21-17-29(18-22-31)27-13-9-25(7-4-2)10-14-27/h17-28H,3-16H2,1-2H3/t25-,26?,27-,28?/i13D,14D2/t13-,25-,26?,27-,28?/m1/s1. The Bertz CT molecular complexity index is 893. The van der Waals surface area contributed by atoms with Gasteiger partial charge in [0, 0.05) is 4.11 Å². The van der Waals surface area contributed by atoms with Crippen molar-refractivity contribution in [2.45, 2.75) is 116 Å². The fourth-order valence-corrected chi connectivity index (χ4v) is 5.97. The summed E-state index contributed by atoms with van der Waals surface area (Å²) in [4.78, 5) is 0. The van der Waals surface area contributed by atoms with E-state index < -0.39 is 6.37 Å². The van der Waals surface area contributed by atoms with Crippen LogP contribution in [0.3, 0.4) is 0 Å². The van der Waals surface area contributed by atoms with Gasteiger partial charge in [0.05, 0.1) is 0 Å². The maximum absolute atomic E-state index is 8.70. The van der Waals surface area contributed by atoms with Gasteiger partial charge in [-0.3, -0.25) is 0 Å². The smallest absolute Gasteiger partial charge is 0.0273 e. The Morgan fingerprint density at radius 1 is 0.625 bits per heavy atom. The topological polar surface area (TPSA) is 0 Å². The van der Waals surface area contributed by atoms with E-state index in [0.717, 1.165) is 30.7 Å². The third-order valence-electron chi connectivity index (χ3n) is 8.08. The second kappa shape index (κ2) is 12.1. The Morgan fingerprint density at radius 3 is 1.78 bits per heavy atom. The minimum atomic E-state index is -1.30. The van der Waals surface area contributed by atoms with Crippen molar-refractivity contribution in [2.75, 3.05) is 0 Å². The molecule has 0 spiro atoms. The molecular formula is C32H46. The van der Waals surface area contributed by atoms with Crippen LogP contribution in [-0.2, 0) is 0 Å². The Balaban J connectivity index is 1.37. The van der Waals surface area contributed by atoms with Crippen LogP contribution in [0.25, 0.3) is 11.1 Å². The van der Waals surface area contributed by atoms with Crippen molar-refractivity contribution >= 4 is 0 Å². The largest absolute Gasteiger partial charge is 0.0654 e. The fourth-order valence-electron chi connectivity index (χ4n) is 5.97. The van der Waals surface area contributed by atoms with Crippen LogP contribution in [-0.4, -0.2) is 0 Å². The summed E-state index contributed by atoms with van der Waals surface area (Å²) in [6.07, 6.45) is 12.9. The van der Waals surface area contributed by atoms with E-state index in [2.05, 4.69) is 62.4 Å². The van der Waals surface area contributed by atoms with Crippen molar-refractivity contribution in [2.24, 2.45) is 11.8 Å². The molecule has 2 aromatic carbocycles. The molecule has 2 aromatic rings. The van der Waals surface area contributed by atoms with E-state index in [9.17, 15) is 0 Å². The van der Waals surface area contributed by atoms with Crippen molar-refractivity contribution in [1.29, 1.82) is 0 Å². The second-order valence-corrected chi connectivity index (χ2v) is 10.5. The minimum absolute atomic E-state index is 0.330. The monoisotopic (exact) mass is 433 g/mol. The molecule has 0 unspecified atom stereocenters. The van der Waals surface area contributed by atoms with Gasteiger partial charge >= 0.3 is 0 Å². The average Bonchev–Trinajstić information content (AvgIpc) is 2.84. The highest BCUT2D eigenvalue weighted by Gasteiger charge is 2.23. The molecule has 2 fully saturated rings. The van der Waals surface area contributed by atoms with Gasteiger partial charge in [-0.1, -0.05) is 101 Å². The van der Waals surface area contributed by atoms with E-state index in [1.807, 2.05) is 0 Å². The summed E-state index contributed by atoms with van der Waals surface area (Å²) in [6, 6.07) is 17.6. The molecule has 0 N–H and O–H groups in total. The van der Waals surface area contributed by atoms with Crippen LogP contribution in [0.4, 0.5) is 0 Å². The number of unbranched alkanes of at least 4 members (excludes halogenated alkanes) is 2. The normalized spacial score (nSPS) is 31.4. The van der Waals surface area contributed by atoms with Gasteiger partial charge in [-0.2, -0.15) is 0 Å². The van der Waals surface area contributed by atoms with Crippen LogP contribution in [0, 0.1) is 11.8 Å². The van der Waals surface area contributed by atoms with E-state index in [0.29, 0.717) is 18.3 Å². The molecule has 0 bridgehead atoms. The molecule has 0 heteroatoms. The van der Waals surface area contributed by atoms with Gasteiger partial charge in [0.1, 0.15) is 0 Å². The van der Waals surface area contributed by atoms with Crippen molar-refractivity contribution in [3.63, 3.8) is 0 Å². The summed E-state index contributed by atoms with van der Waals surface area (Å²) < 4.78 is 26.1. The first-order valence-electron chi connectivity index (χ1n) is 15.1. The third-order valence-corrected chi connectivity index (χ3v) is 8.08. The molecule has 32 heavy (non-hydrogen) atoms. The molecule has 3 atom stereocenters. The molecule has 0 radical (unpaired) electrons. The number of hydrogen-bond donors (Lipinski definition) is 0. The van der Waals surface area contributed by atoms with Crippen LogP contribution >= 0.6 is 0 Å². The molecule has 174 valence electrons. The summed E-state index contributed by atoms with van der Waals surface area (Å²) in [5.74, 6) is 1.69. The van der Waals surface area contributed by atoms with Crippen LogP contribution in [0.5, 0.6) is 0 Å². The zero-order chi connectivity index (χ0) is 24.8. The van der Waals surface area contributed by atoms with Gasteiger partial charge in [-0.15, -0.1) is 0 Å². The predicted octanol–water partition coefficient (Wildman–Crippen LogP) is 10.3. The Hall–Kier alpha value is -1.56. The van der Waals surface area contributed by atoms with Crippen molar-refractivity contribution in [3.8, 4) is 11.1 Å². The molecule has 0 aromatic heterocycles. The molecule has 0 aliphatic heterocycles. The van der Waals surface area contributed by atoms with Gasteiger partial charge < -0.3 is 0 Å². The zero-order valence-corrected chi connectivity index (χ0v) is 20.5. The SMILES string of the molecule is [2H][C@@H]1C[C@@H](CCC)CC([2H])([2H])[C@@H]1c1ccc(-c2ccc(C3CCC(CCCCC)CC3)cc2)cc1. The fraction of sp³-hybridized carbons (Fsp3) is 0.625. The summed E-state index contributed by atoms with van der Waals surface area (Å²) in [7, 11) is 0. The van der Waals surface area contributed by atoms with E-state index in [4.69, 9.17) is 4.11 Å². The summed E-state index contributed by atoms with van der Waals surface area (Å²) in [6.45, 7) is 4.45. The third kappa shape index (κ3) is 6.27. The average molecular weight is 434 g/mol. The van der Waals surface area contributed by atoms with Crippen molar-refractivity contribution in [3.05, 3.63) is 59.7 Å². The van der Waals surface area contributed by atoms with E-state index in [-0.39, 0.29) is 12.3 Å². The van der Waals surface area contributed by atoms with Gasteiger partial charge in [0.2, 0.25) is 0 Å². The van der Waals surface area contributed by atoms with Gasteiger partial charge in [0.25, 0.3) is 0 Å². The molecule has 2 aliphatic carbocycles. The van der Waals surface area contributed by atoms with Crippen LogP contribution in [0.15, 0.2) is 48.5 Å². The van der Waals surface area contributed by atoms with Crippen LogP contribution in [0.2, 0.25) is 0 Å². The quantitative estimate of drug-likeness (QED) is 0.345. The zero-order valence-electron chi connectivity index (χ0n) is 23.5. The maximum atomic E-state index is 8.70. The molecule has 0 nitrogen and oxygen atoms in total. The molecule has 0 amide bonds. The van der Waals surface area contributed by atoms with Crippen molar-refractivity contribution in [1.82, 2.24) is 0 Å². The summed E-state index contributed by atoms with van der Waals surface area (Å²) in [5.41, 5.74) is 4.89. The number of rotatable bonds is 9. The number of hydrogen-bond acceptors (Lipinski definition) is 0. The highest BCUT2D eigenvalue weighted by Crippen LogP contribution is 2.39. The Labute approximate surface area is 202 Å². The second-order valence-electron chi connectivity index (χ2n) is 10.5. The summed E-state index contributed by atoms with van der Waals surface area (Å²) in [5, 5.41) is 0. The molecule has 4 rings (SSSR count). The Kier molecular flexibility index (Phi) is 7.49. The minimum Gasteiger partial charge on any atom is -0.0654 e. The lowest BCUT2D eigenvalue weighted by Crippen LogP contribution is -2.13. The van der Waals surface area contributed by atoms with Gasteiger partial charge in [-0.05, 0) is 97.2 Å². The van der Waals surface area contributed by atoms with Crippen LogP contribution < -0.4 is 0 Å². The first kappa shape index (κ1) is 19.9. The highest BCUT2D eigenvalue weighted by atomic mass is 14.3. The van der Waals surface area contributed by atoms with Gasteiger partial charge in [-0.25, -0.2) is 0 Å².